The van der Waals surface area contributed by atoms with Crippen LogP contribution in [0.3, 0.4) is 0 Å². The lowest BCUT2D eigenvalue weighted by molar-refractivity contribution is -0.0501. The molecule has 0 radical (unpaired) electrons. The molecule has 0 saturated carbocycles. The number of para-hydroxylation sites is 1. The maximum Gasteiger partial charge on any atom is 0.387 e. The standard InChI is InChI=1S/C15H17F2N3O2S/c1-2-3-4-9-12-19-20-15(23-12)18-13(21)10-7-5-6-8-11(10)22-14(16)17/h5-8,14H,2-4,9H2,1H3,(H,18,20,21). The summed E-state index contributed by atoms with van der Waals surface area (Å²) in [5, 5.41) is 11.7. The van der Waals surface area contributed by atoms with Gasteiger partial charge in [-0.3, -0.25) is 10.1 Å². The summed E-state index contributed by atoms with van der Waals surface area (Å²) in [6, 6.07) is 5.82. The highest BCUT2D eigenvalue weighted by atomic mass is 32.1. The molecule has 124 valence electrons. The quantitative estimate of drug-likeness (QED) is 0.734. The van der Waals surface area contributed by atoms with E-state index in [0.717, 1.165) is 30.7 Å². The number of hydrogen-bond acceptors (Lipinski definition) is 5. The Morgan fingerprint density at radius 3 is 2.83 bits per heavy atom. The molecule has 0 unspecified atom stereocenters. The van der Waals surface area contributed by atoms with Crippen molar-refractivity contribution < 1.29 is 18.3 Å². The summed E-state index contributed by atoms with van der Waals surface area (Å²) in [5.74, 6) is -0.731. The smallest absolute Gasteiger partial charge is 0.387 e. The van der Waals surface area contributed by atoms with Gasteiger partial charge in [-0.25, -0.2) is 0 Å². The van der Waals surface area contributed by atoms with Gasteiger partial charge in [-0.1, -0.05) is 43.2 Å². The number of aromatic nitrogens is 2. The lowest BCUT2D eigenvalue weighted by atomic mass is 10.2. The van der Waals surface area contributed by atoms with E-state index in [1.807, 2.05) is 0 Å². The van der Waals surface area contributed by atoms with Crippen molar-refractivity contribution in [2.75, 3.05) is 5.32 Å². The molecule has 0 aliphatic heterocycles. The molecule has 0 fully saturated rings. The Kier molecular flexibility index (Phi) is 6.40. The van der Waals surface area contributed by atoms with Crippen molar-refractivity contribution in [2.24, 2.45) is 0 Å². The first-order valence-electron chi connectivity index (χ1n) is 7.27. The number of ether oxygens (including phenoxy) is 1. The van der Waals surface area contributed by atoms with Crippen molar-refractivity contribution in [2.45, 2.75) is 39.2 Å². The Balaban J connectivity index is 2.02. The number of carbonyl (C=O) groups excluding carboxylic acids is 1. The van der Waals surface area contributed by atoms with Crippen LogP contribution in [0.4, 0.5) is 13.9 Å². The maximum atomic E-state index is 12.4. The van der Waals surface area contributed by atoms with Gasteiger partial charge in [0.05, 0.1) is 5.56 Å². The number of nitrogens with one attached hydrogen (secondary N) is 1. The molecule has 8 heteroatoms. The highest BCUT2D eigenvalue weighted by Gasteiger charge is 2.16. The van der Waals surface area contributed by atoms with Gasteiger partial charge < -0.3 is 4.74 Å². The Morgan fingerprint density at radius 2 is 2.09 bits per heavy atom. The molecule has 23 heavy (non-hydrogen) atoms. The average Bonchev–Trinajstić information content (AvgIpc) is 2.95. The van der Waals surface area contributed by atoms with Crippen molar-refractivity contribution in [3.63, 3.8) is 0 Å². The van der Waals surface area contributed by atoms with Crippen molar-refractivity contribution >= 4 is 22.4 Å². The molecule has 0 atom stereocenters. The third-order valence-electron chi connectivity index (χ3n) is 3.03. The summed E-state index contributed by atoms with van der Waals surface area (Å²) in [4.78, 5) is 12.2. The van der Waals surface area contributed by atoms with Crippen molar-refractivity contribution in [3.8, 4) is 5.75 Å². The summed E-state index contributed by atoms with van der Waals surface area (Å²) < 4.78 is 29.1. The molecule has 0 aliphatic carbocycles. The Bertz CT molecular complexity index is 649. The largest absolute Gasteiger partial charge is 0.434 e. The molecule has 0 bridgehead atoms. The second-order valence-corrected chi connectivity index (χ2v) is 5.85. The summed E-state index contributed by atoms with van der Waals surface area (Å²) >= 11 is 1.28. The molecular weight excluding hydrogens is 324 g/mol. The Hall–Kier alpha value is -2.09. The lowest BCUT2D eigenvalue weighted by Crippen LogP contribution is -2.14. The van der Waals surface area contributed by atoms with Gasteiger partial charge >= 0.3 is 6.61 Å². The molecule has 2 aromatic rings. The van der Waals surface area contributed by atoms with E-state index < -0.39 is 12.5 Å². The molecule has 2 rings (SSSR count). The molecule has 0 spiro atoms. The zero-order valence-electron chi connectivity index (χ0n) is 12.6. The highest BCUT2D eigenvalue weighted by Crippen LogP contribution is 2.23. The van der Waals surface area contributed by atoms with Crippen molar-refractivity contribution in [3.05, 3.63) is 34.8 Å². The van der Waals surface area contributed by atoms with E-state index >= 15 is 0 Å². The average molecular weight is 341 g/mol. The number of benzene rings is 1. The first-order valence-corrected chi connectivity index (χ1v) is 8.09. The van der Waals surface area contributed by atoms with Gasteiger partial charge in [-0.15, -0.1) is 10.2 Å². The first-order chi connectivity index (χ1) is 11.1. The summed E-state index contributed by atoms with van der Waals surface area (Å²) in [6.45, 7) is -0.874. The molecule has 1 aromatic heterocycles. The molecule has 1 N–H and O–H groups in total. The van der Waals surface area contributed by atoms with Crippen molar-refractivity contribution in [1.29, 1.82) is 0 Å². The van der Waals surface area contributed by atoms with Gasteiger partial charge in [0.2, 0.25) is 5.13 Å². The van der Waals surface area contributed by atoms with E-state index in [-0.39, 0.29) is 11.3 Å². The van der Waals surface area contributed by atoms with E-state index in [9.17, 15) is 13.6 Å². The number of aryl methyl sites for hydroxylation is 1. The molecule has 0 saturated heterocycles. The number of halogens is 2. The fourth-order valence-corrected chi connectivity index (χ4v) is 2.73. The first kappa shape index (κ1) is 17.3. The third-order valence-corrected chi connectivity index (χ3v) is 3.93. The van der Waals surface area contributed by atoms with E-state index in [2.05, 4.69) is 27.2 Å². The van der Waals surface area contributed by atoms with E-state index in [1.54, 1.807) is 6.07 Å². The van der Waals surface area contributed by atoms with Crippen LogP contribution in [0.1, 0.15) is 41.6 Å². The number of unbranched alkanes of at least 4 members (excludes halogenated alkanes) is 2. The predicted octanol–water partition coefficient (Wildman–Crippen LogP) is 4.12. The maximum absolute atomic E-state index is 12.4. The van der Waals surface area contributed by atoms with Crippen LogP contribution in [0.2, 0.25) is 0 Å². The minimum Gasteiger partial charge on any atom is -0.434 e. The van der Waals surface area contributed by atoms with Gasteiger partial charge in [0.25, 0.3) is 5.91 Å². The summed E-state index contributed by atoms with van der Waals surface area (Å²) in [5.41, 5.74) is 0.0236. The molecule has 1 amide bonds. The topological polar surface area (TPSA) is 64.1 Å². The highest BCUT2D eigenvalue weighted by molar-refractivity contribution is 7.15. The zero-order valence-corrected chi connectivity index (χ0v) is 13.4. The monoisotopic (exact) mass is 341 g/mol. The molecule has 0 aliphatic rings. The van der Waals surface area contributed by atoms with Crippen LogP contribution in [0.15, 0.2) is 24.3 Å². The zero-order chi connectivity index (χ0) is 16.7. The number of rotatable bonds is 8. The fourth-order valence-electron chi connectivity index (χ4n) is 1.95. The van der Waals surface area contributed by atoms with E-state index in [0.29, 0.717) is 5.13 Å². The van der Waals surface area contributed by atoms with Gasteiger partial charge in [0.1, 0.15) is 10.8 Å². The van der Waals surface area contributed by atoms with Gasteiger partial charge in [-0.2, -0.15) is 8.78 Å². The molecule has 1 aromatic carbocycles. The normalized spacial score (nSPS) is 10.8. The predicted molar refractivity (Wildman–Crippen MR) is 84.2 cm³/mol. The van der Waals surface area contributed by atoms with Crippen LogP contribution in [0, 0.1) is 0 Å². The minimum atomic E-state index is -2.99. The minimum absolute atomic E-state index is 0.0236. The number of nitrogens with zero attached hydrogens (tertiary/aromatic N) is 2. The van der Waals surface area contributed by atoms with Crippen LogP contribution in [0.5, 0.6) is 5.75 Å². The number of alkyl halides is 2. The second-order valence-electron chi connectivity index (χ2n) is 4.79. The van der Waals surface area contributed by atoms with Crippen LogP contribution in [-0.2, 0) is 6.42 Å². The molecular formula is C15H17F2N3O2S. The van der Waals surface area contributed by atoms with Gasteiger partial charge in [0, 0.05) is 6.42 Å². The van der Waals surface area contributed by atoms with Gasteiger partial charge in [-0.05, 0) is 18.6 Å². The lowest BCUT2D eigenvalue weighted by Gasteiger charge is -2.09. The number of hydrogen-bond donors (Lipinski definition) is 1. The van der Waals surface area contributed by atoms with E-state index in [1.165, 1.54) is 29.5 Å². The Morgan fingerprint density at radius 1 is 1.30 bits per heavy atom. The second kappa shape index (κ2) is 8.52. The van der Waals surface area contributed by atoms with Crippen LogP contribution >= 0.6 is 11.3 Å². The summed E-state index contributed by atoms with van der Waals surface area (Å²) in [7, 11) is 0. The number of carbonyl (C=O) groups is 1. The van der Waals surface area contributed by atoms with Crippen molar-refractivity contribution in [1.82, 2.24) is 10.2 Å². The number of amides is 1. The van der Waals surface area contributed by atoms with Crippen LogP contribution in [0.25, 0.3) is 0 Å². The molecule has 5 nitrogen and oxygen atoms in total. The van der Waals surface area contributed by atoms with Gasteiger partial charge in [0.15, 0.2) is 0 Å². The SMILES string of the molecule is CCCCCc1nnc(NC(=O)c2ccccc2OC(F)F)s1. The van der Waals surface area contributed by atoms with Crippen LogP contribution in [-0.4, -0.2) is 22.7 Å². The van der Waals surface area contributed by atoms with Crippen LogP contribution < -0.4 is 10.1 Å². The third kappa shape index (κ3) is 5.24. The molecule has 1 heterocycles. The summed E-state index contributed by atoms with van der Waals surface area (Å²) in [6.07, 6.45) is 4.06. The number of anilines is 1. The fraction of sp³-hybridized carbons (Fsp3) is 0.400. The van der Waals surface area contributed by atoms with E-state index in [4.69, 9.17) is 0 Å². The Labute approximate surface area is 136 Å².